The Labute approximate surface area is 107 Å². The molecule has 17 heavy (non-hydrogen) atoms. The van der Waals surface area contributed by atoms with Gasteiger partial charge in [-0.2, -0.15) is 0 Å². The largest absolute Gasteiger partial charge is 0.399 e. The summed E-state index contributed by atoms with van der Waals surface area (Å²) in [5, 5.41) is 0. The van der Waals surface area contributed by atoms with Gasteiger partial charge in [-0.1, -0.05) is 13.3 Å². The molecule has 0 fully saturated rings. The fraction of sp³-hybridized carbons (Fsp3) is 0.462. The molecule has 0 aromatic heterocycles. The summed E-state index contributed by atoms with van der Waals surface area (Å²) in [5.41, 5.74) is 7.22. The van der Waals surface area contributed by atoms with E-state index in [1.54, 1.807) is 36.8 Å². The smallest absolute Gasteiger partial charge is 0.254 e. The van der Waals surface area contributed by atoms with Crippen LogP contribution in [0.4, 0.5) is 5.69 Å². The minimum absolute atomic E-state index is 0.0315. The van der Waals surface area contributed by atoms with E-state index in [4.69, 9.17) is 5.73 Å². The lowest BCUT2D eigenvalue weighted by molar-refractivity contribution is 0.0824. The summed E-state index contributed by atoms with van der Waals surface area (Å²) in [7, 11) is 3.53. The van der Waals surface area contributed by atoms with Crippen LogP contribution in [-0.2, 0) is 0 Å². The van der Waals surface area contributed by atoms with Crippen LogP contribution in [0.5, 0.6) is 0 Å². The zero-order valence-corrected chi connectivity index (χ0v) is 11.5. The Balaban J connectivity index is 2.91. The summed E-state index contributed by atoms with van der Waals surface area (Å²) in [6.07, 6.45) is 2.31. The van der Waals surface area contributed by atoms with Crippen molar-refractivity contribution in [1.82, 2.24) is 4.90 Å². The SMILES string of the molecule is CCCCSc1cc(N)ccc1C(=O)N(C)C. The quantitative estimate of drug-likeness (QED) is 0.498. The minimum atomic E-state index is 0.0315. The van der Waals surface area contributed by atoms with Gasteiger partial charge in [0.25, 0.3) is 5.91 Å². The number of rotatable bonds is 5. The molecule has 0 atom stereocenters. The van der Waals surface area contributed by atoms with Crippen LogP contribution >= 0.6 is 11.8 Å². The molecule has 0 aliphatic rings. The minimum Gasteiger partial charge on any atom is -0.399 e. The van der Waals surface area contributed by atoms with Crippen LogP contribution in [0.25, 0.3) is 0 Å². The van der Waals surface area contributed by atoms with Crippen molar-refractivity contribution in [3.63, 3.8) is 0 Å². The average molecular weight is 252 g/mol. The highest BCUT2D eigenvalue weighted by Crippen LogP contribution is 2.26. The normalized spacial score (nSPS) is 10.3. The Morgan fingerprint density at radius 1 is 1.41 bits per heavy atom. The van der Waals surface area contributed by atoms with E-state index in [-0.39, 0.29) is 5.91 Å². The lowest BCUT2D eigenvalue weighted by atomic mass is 10.2. The topological polar surface area (TPSA) is 46.3 Å². The number of nitrogens with zero attached hydrogens (tertiary/aromatic N) is 1. The Hall–Kier alpha value is -1.16. The molecule has 0 spiro atoms. The Morgan fingerprint density at radius 2 is 2.12 bits per heavy atom. The van der Waals surface area contributed by atoms with Crippen LogP contribution in [0, 0.1) is 0 Å². The molecule has 2 N–H and O–H groups in total. The third-order valence-electron chi connectivity index (χ3n) is 2.40. The van der Waals surface area contributed by atoms with Gasteiger partial charge in [-0.05, 0) is 30.4 Å². The molecule has 1 rings (SSSR count). The number of thioether (sulfide) groups is 1. The summed E-state index contributed by atoms with van der Waals surface area (Å²) in [4.78, 5) is 14.6. The molecule has 0 aliphatic carbocycles. The predicted octanol–water partition coefficient (Wildman–Crippen LogP) is 2.86. The van der Waals surface area contributed by atoms with Crippen LogP contribution in [0.3, 0.4) is 0 Å². The van der Waals surface area contributed by atoms with Gasteiger partial charge in [-0.3, -0.25) is 4.79 Å². The van der Waals surface area contributed by atoms with Crippen molar-refractivity contribution >= 4 is 23.4 Å². The summed E-state index contributed by atoms with van der Waals surface area (Å²) in [6, 6.07) is 5.48. The van der Waals surface area contributed by atoms with Crippen molar-refractivity contribution in [2.75, 3.05) is 25.6 Å². The highest BCUT2D eigenvalue weighted by molar-refractivity contribution is 7.99. The fourth-order valence-electron chi connectivity index (χ4n) is 1.40. The zero-order chi connectivity index (χ0) is 12.8. The summed E-state index contributed by atoms with van der Waals surface area (Å²) in [5.74, 6) is 1.05. The number of nitrogen functional groups attached to an aromatic ring is 1. The van der Waals surface area contributed by atoms with Gasteiger partial charge < -0.3 is 10.6 Å². The highest BCUT2D eigenvalue weighted by atomic mass is 32.2. The van der Waals surface area contributed by atoms with Crippen molar-refractivity contribution in [2.24, 2.45) is 0 Å². The Morgan fingerprint density at radius 3 is 2.71 bits per heavy atom. The first-order valence-electron chi connectivity index (χ1n) is 5.80. The summed E-state index contributed by atoms with van der Waals surface area (Å²) >= 11 is 1.70. The number of carbonyl (C=O) groups is 1. The van der Waals surface area contributed by atoms with Crippen LogP contribution < -0.4 is 5.73 Å². The number of amides is 1. The number of unbranched alkanes of at least 4 members (excludes halogenated alkanes) is 1. The van der Waals surface area contributed by atoms with Gasteiger partial charge >= 0.3 is 0 Å². The van der Waals surface area contributed by atoms with E-state index in [2.05, 4.69) is 6.92 Å². The van der Waals surface area contributed by atoms with Gasteiger partial charge in [-0.25, -0.2) is 0 Å². The summed E-state index contributed by atoms with van der Waals surface area (Å²) < 4.78 is 0. The molecule has 0 unspecified atom stereocenters. The van der Waals surface area contributed by atoms with Gasteiger partial charge in [0, 0.05) is 24.7 Å². The lowest BCUT2D eigenvalue weighted by Crippen LogP contribution is -2.22. The number of nitrogens with two attached hydrogens (primary N) is 1. The highest BCUT2D eigenvalue weighted by Gasteiger charge is 2.13. The number of benzene rings is 1. The van der Waals surface area contributed by atoms with Crippen molar-refractivity contribution in [2.45, 2.75) is 24.7 Å². The molecule has 0 saturated heterocycles. The molecule has 0 radical (unpaired) electrons. The standard InChI is InChI=1S/C13H20N2OS/c1-4-5-8-17-12-9-10(14)6-7-11(12)13(16)15(2)3/h6-7,9H,4-5,8,14H2,1-3H3. The van der Waals surface area contributed by atoms with Crippen molar-refractivity contribution in [3.8, 4) is 0 Å². The van der Waals surface area contributed by atoms with Crippen molar-refractivity contribution < 1.29 is 4.79 Å². The average Bonchev–Trinajstić information content (AvgIpc) is 2.28. The number of hydrogen-bond donors (Lipinski definition) is 1. The van der Waals surface area contributed by atoms with Crippen LogP contribution in [0.1, 0.15) is 30.1 Å². The molecule has 4 heteroatoms. The molecular formula is C13H20N2OS. The van der Waals surface area contributed by atoms with E-state index >= 15 is 0 Å². The first-order valence-corrected chi connectivity index (χ1v) is 6.78. The number of carbonyl (C=O) groups excluding carboxylic acids is 1. The zero-order valence-electron chi connectivity index (χ0n) is 10.7. The van der Waals surface area contributed by atoms with E-state index in [1.807, 2.05) is 12.1 Å². The molecule has 94 valence electrons. The van der Waals surface area contributed by atoms with Crippen LogP contribution in [-0.4, -0.2) is 30.7 Å². The Kier molecular flexibility index (Phi) is 5.35. The number of hydrogen-bond acceptors (Lipinski definition) is 3. The van der Waals surface area contributed by atoms with Gasteiger partial charge in [0.05, 0.1) is 5.56 Å². The van der Waals surface area contributed by atoms with Gasteiger partial charge in [0.15, 0.2) is 0 Å². The van der Waals surface area contributed by atoms with E-state index in [9.17, 15) is 4.79 Å². The maximum absolute atomic E-state index is 12.0. The molecule has 0 saturated carbocycles. The van der Waals surface area contributed by atoms with Gasteiger partial charge in [0.2, 0.25) is 0 Å². The summed E-state index contributed by atoms with van der Waals surface area (Å²) in [6.45, 7) is 2.16. The van der Waals surface area contributed by atoms with E-state index in [1.165, 1.54) is 0 Å². The maximum Gasteiger partial charge on any atom is 0.254 e. The Bertz CT molecular complexity index is 391. The van der Waals surface area contributed by atoms with Gasteiger partial charge in [0.1, 0.15) is 0 Å². The van der Waals surface area contributed by atoms with Crippen molar-refractivity contribution in [1.29, 1.82) is 0 Å². The molecule has 3 nitrogen and oxygen atoms in total. The first-order chi connectivity index (χ1) is 8.06. The molecule has 0 aliphatic heterocycles. The van der Waals surface area contributed by atoms with E-state index in [0.29, 0.717) is 5.69 Å². The second kappa shape index (κ2) is 6.55. The first kappa shape index (κ1) is 13.9. The monoisotopic (exact) mass is 252 g/mol. The molecule has 1 aromatic carbocycles. The van der Waals surface area contributed by atoms with Crippen LogP contribution in [0.15, 0.2) is 23.1 Å². The van der Waals surface area contributed by atoms with E-state index in [0.717, 1.165) is 29.1 Å². The molecule has 1 amide bonds. The second-order valence-electron chi connectivity index (χ2n) is 4.16. The predicted molar refractivity (Wildman–Crippen MR) is 74.5 cm³/mol. The third kappa shape index (κ3) is 3.97. The molecule has 1 aromatic rings. The molecular weight excluding hydrogens is 232 g/mol. The van der Waals surface area contributed by atoms with Crippen molar-refractivity contribution in [3.05, 3.63) is 23.8 Å². The molecule has 0 bridgehead atoms. The maximum atomic E-state index is 12.0. The van der Waals surface area contributed by atoms with Gasteiger partial charge in [-0.15, -0.1) is 11.8 Å². The molecule has 0 heterocycles. The lowest BCUT2D eigenvalue weighted by Gasteiger charge is -2.14. The fourth-order valence-corrected chi connectivity index (χ4v) is 2.59. The van der Waals surface area contributed by atoms with Crippen LogP contribution in [0.2, 0.25) is 0 Å². The second-order valence-corrected chi connectivity index (χ2v) is 5.29. The number of anilines is 1. The third-order valence-corrected chi connectivity index (χ3v) is 3.54. The van der Waals surface area contributed by atoms with E-state index < -0.39 is 0 Å².